The number of halogens is 3. The lowest BCUT2D eigenvalue weighted by Crippen LogP contribution is -1.92. The zero-order valence-corrected chi connectivity index (χ0v) is 10.4. The molecule has 0 N–H and O–H groups in total. The van der Waals surface area contributed by atoms with Crippen LogP contribution in [0.2, 0.25) is 5.02 Å². The summed E-state index contributed by atoms with van der Waals surface area (Å²) in [5, 5.41) is 8.69. The van der Waals surface area contributed by atoms with Gasteiger partial charge in [-0.05, 0) is 28.1 Å². The Morgan fingerprint density at radius 1 is 1.43 bits per heavy atom. The van der Waals surface area contributed by atoms with Crippen LogP contribution < -0.4 is 0 Å². The van der Waals surface area contributed by atoms with Crippen LogP contribution in [0.1, 0.15) is 5.56 Å². The minimum absolute atomic E-state index is 0.0427. The largest absolute Gasteiger partial charge is 0.261 e. The summed E-state index contributed by atoms with van der Waals surface area (Å²) in [6.45, 7) is 0. The van der Waals surface area contributed by atoms with Crippen LogP contribution in [0.3, 0.4) is 0 Å². The smallest absolute Gasteiger partial charge is 0.207 e. The van der Waals surface area contributed by atoms with Crippen molar-refractivity contribution < 1.29 is 8.42 Å². The number of benzene rings is 1. The maximum absolute atomic E-state index is 10.9. The molecule has 0 aliphatic heterocycles. The molecule has 0 aromatic heterocycles. The summed E-state index contributed by atoms with van der Waals surface area (Å²) in [6, 6.07) is 4.19. The highest BCUT2D eigenvalue weighted by atomic mass is 79.9. The second-order valence-corrected chi connectivity index (χ2v) is 6.14. The molecule has 0 spiro atoms. The fraction of sp³-hybridized carbons (Fsp3) is 0. The molecular formula is C7H2BrCl2NO2S. The molecule has 0 atom stereocenters. The Hall–Kier alpha value is -0.280. The molecule has 1 rings (SSSR count). The van der Waals surface area contributed by atoms with Gasteiger partial charge < -0.3 is 0 Å². The average molecular weight is 315 g/mol. The van der Waals surface area contributed by atoms with Gasteiger partial charge in [-0.25, -0.2) is 8.42 Å². The molecule has 0 fully saturated rings. The van der Waals surface area contributed by atoms with Crippen molar-refractivity contribution in [1.82, 2.24) is 0 Å². The first kappa shape index (κ1) is 11.8. The lowest BCUT2D eigenvalue weighted by atomic mass is 10.2. The molecule has 0 saturated heterocycles. The predicted molar refractivity (Wildman–Crippen MR) is 56.9 cm³/mol. The van der Waals surface area contributed by atoms with Crippen molar-refractivity contribution in [2.24, 2.45) is 0 Å². The molecule has 0 heterocycles. The van der Waals surface area contributed by atoms with Gasteiger partial charge in [-0.3, -0.25) is 0 Å². The Balaban J connectivity index is 3.53. The SMILES string of the molecule is N#Cc1c(Cl)cc(S(=O)(=O)Cl)cc1Br. The van der Waals surface area contributed by atoms with E-state index in [-0.39, 0.29) is 15.5 Å². The number of hydrogen-bond acceptors (Lipinski definition) is 3. The molecule has 0 bridgehead atoms. The van der Waals surface area contributed by atoms with E-state index in [2.05, 4.69) is 15.9 Å². The van der Waals surface area contributed by atoms with Crippen LogP contribution in [0, 0.1) is 11.3 Å². The van der Waals surface area contributed by atoms with Crippen molar-refractivity contribution in [2.45, 2.75) is 4.90 Å². The molecule has 0 radical (unpaired) electrons. The maximum atomic E-state index is 10.9. The average Bonchev–Trinajstić information content (AvgIpc) is 2.01. The fourth-order valence-electron chi connectivity index (χ4n) is 0.797. The molecule has 74 valence electrons. The zero-order valence-electron chi connectivity index (χ0n) is 6.46. The molecule has 7 heteroatoms. The first-order valence-electron chi connectivity index (χ1n) is 3.20. The molecular weight excluding hydrogens is 313 g/mol. The summed E-state index contributed by atoms with van der Waals surface area (Å²) in [4.78, 5) is -0.143. The van der Waals surface area contributed by atoms with Gasteiger partial charge >= 0.3 is 0 Å². The Labute approximate surface area is 98.8 Å². The molecule has 0 saturated carbocycles. The van der Waals surface area contributed by atoms with Gasteiger partial charge in [0.1, 0.15) is 6.07 Å². The first-order valence-corrected chi connectivity index (χ1v) is 6.68. The van der Waals surface area contributed by atoms with Gasteiger partial charge in [-0.15, -0.1) is 0 Å². The van der Waals surface area contributed by atoms with E-state index in [1.165, 1.54) is 6.07 Å². The van der Waals surface area contributed by atoms with E-state index in [4.69, 9.17) is 27.5 Å². The standard InChI is InChI=1S/C7H2BrCl2NO2S/c8-6-1-4(14(10,12)13)2-7(9)5(6)3-11/h1-2H. The summed E-state index contributed by atoms with van der Waals surface area (Å²) in [5.74, 6) is 0. The van der Waals surface area contributed by atoms with Crippen LogP contribution in [0.15, 0.2) is 21.5 Å². The van der Waals surface area contributed by atoms with Crippen molar-refractivity contribution in [3.63, 3.8) is 0 Å². The van der Waals surface area contributed by atoms with E-state index in [1.54, 1.807) is 0 Å². The third kappa shape index (κ3) is 2.39. The van der Waals surface area contributed by atoms with Gasteiger partial charge in [0.05, 0.1) is 15.5 Å². The number of nitrogens with zero attached hydrogens (tertiary/aromatic N) is 1. The van der Waals surface area contributed by atoms with Crippen molar-refractivity contribution >= 4 is 47.3 Å². The molecule has 14 heavy (non-hydrogen) atoms. The highest BCUT2D eigenvalue weighted by Crippen LogP contribution is 2.29. The monoisotopic (exact) mass is 313 g/mol. The van der Waals surface area contributed by atoms with E-state index in [0.29, 0.717) is 4.47 Å². The normalized spacial score (nSPS) is 11.0. The topological polar surface area (TPSA) is 57.9 Å². The summed E-state index contributed by atoms with van der Waals surface area (Å²) in [6.07, 6.45) is 0. The van der Waals surface area contributed by atoms with Gasteiger partial charge in [0.15, 0.2) is 0 Å². The quantitative estimate of drug-likeness (QED) is 0.749. The molecule has 1 aromatic rings. The highest BCUT2D eigenvalue weighted by Gasteiger charge is 2.15. The molecule has 3 nitrogen and oxygen atoms in total. The summed E-state index contributed by atoms with van der Waals surface area (Å²) in [7, 11) is 1.28. The van der Waals surface area contributed by atoms with Gasteiger partial charge in [0.25, 0.3) is 9.05 Å². The third-order valence-electron chi connectivity index (χ3n) is 1.41. The summed E-state index contributed by atoms with van der Waals surface area (Å²) < 4.78 is 22.2. The van der Waals surface area contributed by atoms with Crippen LogP contribution in [0.4, 0.5) is 0 Å². The van der Waals surface area contributed by atoms with Gasteiger partial charge in [-0.2, -0.15) is 5.26 Å². The third-order valence-corrected chi connectivity index (χ3v) is 3.67. The Kier molecular flexibility index (Phi) is 3.43. The van der Waals surface area contributed by atoms with Crippen LogP contribution in [0.5, 0.6) is 0 Å². The summed E-state index contributed by atoms with van der Waals surface area (Å²) >= 11 is 8.69. The van der Waals surface area contributed by atoms with Gasteiger partial charge in [-0.1, -0.05) is 11.6 Å². The van der Waals surface area contributed by atoms with E-state index in [0.717, 1.165) is 6.07 Å². The molecule has 0 amide bonds. The first-order chi connectivity index (χ1) is 6.36. The lowest BCUT2D eigenvalue weighted by molar-refractivity contribution is 0.609. The molecule has 0 aliphatic rings. The van der Waals surface area contributed by atoms with E-state index >= 15 is 0 Å². The predicted octanol–water partition coefficient (Wildman–Crippen LogP) is 2.90. The molecule has 0 aliphatic carbocycles. The zero-order chi connectivity index (χ0) is 10.9. The molecule has 0 unspecified atom stereocenters. The second-order valence-electron chi connectivity index (χ2n) is 2.31. The molecule has 1 aromatic carbocycles. The van der Waals surface area contributed by atoms with Crippen molar-refractivity contribution in [3.8, 4) is 6.07 Å². The summed E-state index contributed by atoms with van der Waals surface area (Å²) in [5.41, 5.74) is 0.177. The minimum atomic E-state index is -3.82. The minimum Gasteiger partial charge on any atom is -0.207 e. The number of nitriles is 1. The number of hydrogen-bond donors (Lipinski definition) is 0. The van der Waals surface area contributed by atoms with Crippen LogP contribution in [-0.4, -0.2) is 8.42 Å². The lowest BCUT2D eigenvalue weighted by Gasteiger charge is -2.01. The van der Waals surface area contributed by atoms with Crippen LogP contribution in [0.25, 0.3) is 0 Å². The highest BCUT2D eigenvalue weighted by molar-refractivity contribution is 9.10. The van der Waals surface area contributed by atoms with E-state index in [1.807, 2.05) is 6.07 Å². The van der Waals surface area contributed by atoms with Crippen LogP contribution in [-0.2, 0) is 9.05 Å². The van der Waals surface area contributed by atoms with Gasteiger partial charge in [0.2, 0.25) is 0 Å². The Morgan fingerprint density at radius 3 is 2.36 bits per heavy atom. The van der Waals surface area contributed by atoms with E-state index < -0.39 is 9.05 Å². The van der Waals surface area contributed by atoms with Crippen molar-refractivity contribution in [3.05, 3.63) is 27.2 Å². The van der Waals surface area contributed by atoms with E-state index in [9.17, 15) is 8.42 Å². The second kappa shape index (κ2) is 4.07. The number of rotatable bonds is 1. The van der Waals surface area contributed by atoms with Crippen molar-refractivity contribution in [2.75, 3.05) is 0 Å². The Morgan fingerprint density at radius 2 is 2.00 bits per heavy atom. The fourth-order valence-corrected chi connectivity index (χ4v) is 2.72. The van der Waals surface area contributed by atoms with Gasteiger partial charge in [0, 0.05) is 15.2 Å². The maximum Gasteiger partial charge on any atom is 0.261 e. The van der Waals surface area contributed by atoms with Crippen LogP contribution >= 0.6 is 38.2 Å². The Bertz CT molecular complexity index is 498. The van der Waals surface area contributed by atoms with Crippen molar-refractivity contribution in [1.29, 1.82) is 5.26 Å².